The molecule has 3 rings (SSSR count). The predicted molar refractivity (Wildman–Crippen MR) is 89.5 cm³/mol. The van der Waals surface area contributed by atoms with E-state index >= 15 is 0 Å². The Morgan fingerprint density at radius 2 is 2.17 bits per heavy atom. The minimum absolute atomic E-state index is 0.198. The van der Waals surface area contributed by atoms with Gasteiger partial charge in [-0.15, -0.1) is 0 Å². The fourth-order valence-corrected chi connectivity index (χ4v) is 2.58. The van der Waals surface area contributed by atoms with Crippen LogP contribution in [0.4, 0.5) is 0 Å². The summed E-state index contributed by atoms with van der Waals surface area (Å²) < 4.78 is 7.71. The van der Waals surface area contributed by atoms with E-state index in [0.29, 0.717) is 21.6 Å². The number of carbonyl (C=O) groups excluding carboxylic acids is 1. The predicted octanol–water partition coefficient (Wildman–Crippen LogP) is 3.70. The summed E-state index contributed by atoms with van der Waals surface area (Å²) in [5.41, 5.74) is 1.78. The zero-order valence-corrected chi connectivity index (χ0v) is 14.5. The lowest BCUT2D eigenvalue weighted by molar-refractivity contribution is 0.0731. The number of ether oxygens (including phenoxy) is 1. The number of esters is 1. The molecule has 6 nitrogen and oxygen atoms in total. The van der Waals surface area contributed by atoms with E-state index in [4.69, 9.17) is 4.74 Å². The topological polar surface area (TPSA) is 69.9 Å². The Balaban J connectivity index is 1.98. The molecule has 0 saturated carbocycles. The van der Waals surface area contributed by atoms with E-state index in [0.717, 1.165) is 11.0 Å². The van der Waals surface area contributed by atoms with E-state index in [-0.39, 0.29) is 6.04 Å². The number of fused-ring (bicyclic) bond motifs is 1. The molecule has 7 heteroatoms. The van der Waals surface area contributed by atoms with Gasteiger partial charge in [-0.25, -0.2) is 19.4 Å². The normalized spacial score (nSPS) is 11.2. The number of aryl methyl sites for hydroxylation is 1. The maximum absolute atomic E-state index is 12.4. The van der Waals surface area contributed by atoms with Gasteiger partial charge >= 0.3 is 5.97 Å². The van der Waals surface area contributed by atoms with Gasteiger partial charge in [-0.1, -0.05) is 0 Å². The van der Waals surface area contributed by atoms with Crippen LogP contribution >= 0.6 is 15.9 Å². The van der Waals surface area contributed by atoms with Crippen molar-refractivity contribution >= 4 is 32.9 Å². The molecule has 0 bridgehead atoms. The first-order chi connectivity index (χ1) is 11.0. The first-order valence-electron chi connectivity index (χ1n) is 7.15. The number of carbonyl (C=O) groups is 1. The van der Waals surface area contributed by atoms with Crippen molar-refractivity contribution in [3.63, 3.8) is 0 Å². The summed E-state index contributed by atoms with van der Waals surface area (Å²) in [6.07, 6.45) is 3.32. The highest BCUT2D eigenvalue weighted by Gasteiger charge is 2.18. The second-order valence-electron chi connectivity index (χ2n) is 5.40. The van der Waals surface area contributed by atoms with Crippen LogP contribution in [0.2, 0.25) is 0 Å². The molecule has 0 radical (unpaired) electrons. The third-order valence-corrected chi connectivity index (χ3v) is 3.99. The van der Waals surface area contributed by atoms with Crippen molar-refractivity contribution in [1.29, 1.82) is 0 Å². The van der Waals surface area contributed by atoms with Crippen molar-refractivity contribution in [3.05, 3.63) is 46.5 Å². The van der Waals surface area contributed by atoms with E-state index in [9.17, 15) is 4.79 Å². The lowest BCUT2D eigenvalue weighted by atomic mass is 10.1. The number of hydrogen-bond acceptors (Lipinski definition) is 5. The molecular weight excluding hydrogens is 360 g/mol. The summed E-state index contributed by atoms with van der Waals surface area (Å²) in [7, 11) is 0. The molecular formula is C16H15BrN4O2. The average molecular weight is 375 g/mol. The molecule has 0 aliphatic rings. The van der Waals surface area contributed by atoms with Crippen LogP contribution in [0.15, 0.2) is 35.2 Å². The van der Waals surface area contributed by atoms with Gasteiger partial charge in [0.25, 0.3) is 0 Å². The van der Waals surface area contributed by atoms with Gasteiger partial charge in [0.05, 0.1) is 17.5 Å². The second-order valence-corrected chi connectivity index (χ2v) is 6.15. The first kappa shape index (κ1) is 15.6. The van der Waals surface area contributed by atoms with Crippen LogP contribution in [0.25, 0.3) is 11.0 Å². The van der Waals surface area contributed by atoms with Gasteiger partial charge < -0.3 is 4.74 Å². The fourth-order valence-electron chi connectivity index (χ4n) is 2.25. The molecule has 0 aliphatic carbocycles. The molecule has 0 aromatic carbocycles. The summed E-state index contributed by atoms with van der Waals surface area (Å²) in [6, 6.07) is 5.33. The van der Waals surface area contributed by atoms with Crippen LogP contribution in [0.5, 0.6) is 5.75 Å². The highest BCUT2D eigenvalue weighted by atomic mass is 79.9. The Labute approximate surface area is 141 Å². The molecule has 0 amide bonds. The third-order valence-electron chi connectivity index (χ3n) is 3.40. The Morgan fingerprint density at radius 1 is 1.39 bits per heavy atom. The monoisotopic (exact) mass is 374 g/mol. The highest BCUT2D eigenvalue weighted by molar-refractivity contribution is 9.10. The molecule has 0 atom stereocenters. The summed E-state index contributed by atoms with van der Waals surface area (Å²) in [4.78, 5) is 21.0. The zero-order valence-electron chi connectivity index (χ0n) is 12.9. The summed E-state index contributed by atoms with van der Waals surface area (Å²) >= 11 is 3.26. The Morgan fingerprint density at radius 3 is 2.87 bits per heavy atom. The van der Waals surface area contributed by atoms with Gasteiger partial charge in [-0.2, -0.15) is 5.10 Å². The van der Waals surface area contributed by atoms with Crippen molar-refractivity contribution in [1.82, 2.24) is 19.7 Å². The zero-order chi connectivity index (χ0) is 16.6. The van der Waals surface area contributed by atoms with Crippen molar-refractivity contribution in [2.45, 2.75) is 26.8 Å². The smallest absolute Gasteiger partial charge is 0.345 e. The van der Waals surface area contributed by atoms with Crippen molar-refractivity contribution in [2.24, 2.45) is 0 Å². The van der Waals surface area contributed by atoms with Crippen LogP contribution < -0.4 is 4.74 Å². The van der Waals surface area contributed by atoms with Crippen LogP contribution in [-0.4, -0.2) is 25.7 Å². The number of pyridine rings is 2. The Bertz CT molecular complexity index is 889. The molecule has 23 heavy (non-hydrogen) atoms. The maximum atomic E-state index is 12.4. The highest BCUT2D eigenvalue weighted by Crippen LogP contribution is 2.24. The molecule has 3 heterocycles. The maximum Gasteiger partial charge on any atom is 0.345 e. The van der Waals surface area contributed by atoms with Gasteiger partial charge in [-0.3, -0.25) is 0 Å². The molecule has 118 valence electrons. The molecule has 0 unspecified atom stereocenters. The Hall–Kier alpha value is -2.28. The lowest BCUT2D eigenvalue weighted by Crippen LogP contribution is -2.12. The van der Waals surface area contributed by atoms with Crippen LogP contribution in [0.1, 0.15) is 35.9 Å². The van der Waals surface area contributed by atoms with Crippen molar-refractivity contribution in [2.75, 3.05) is 0 Å². The lowest BCUT2D eigenvalue weighted by Gasteiger charge is -2.09. The summed E-state index contributed by atoms with van der Waals surface area (Å²) in [6.45, 7) is 5.85. The van der Waals surface area contributed by atoms with Crippen LogP contribution in [0, 0.1) is 6.92 Å². The number of rotatable bonds is 3. The standard InChI is InChI=1S/C16H15BrN4O2/c1-9(2)21-15-11(8-19-21)7-12(10(3)20-15)16(22)23-13-5-4-6-18-14(13)17/h4-9H,1-3H3. The SMILES string of the molecule is Cc1nc2c(cnn2C(C)C)cc1C(=O)Oc1cccnc1Br. The largest absolute Gasteiger partial charge is 0.420 e. The summed E-state index contributed by atoms with van der Waals surface area (Å²) in [5, 5.41) is 5.13. The van der Waals surface area contributed by atoms with Gasteiger partial charge in [0.15, 0.2) is 11.4 Å². The molecule has 3 aromatic rings. The number of halogens is 1. The minimum Gasteiger partial charge on any atom is -0.420 e. The van der Waals surface area contributed by atoms with Gasteiger partial charge in [0.1, 0.15) is 4.60 Å². The molecule has 3 aromatic heterocycles. The van der Waals surface area contributed by atoms with Gasteiger partial charge in [0, 0.05) is 17.6 Å². The third kappa shape index (κ3) is 2.96. The molecule has 0 saturated heterocycles. The summed E-state index contributed by atoms with van der Waals surface area (Å²) in [5.74, 6) is -0.0993. The Kier molecular flexibility index (Phi) is 4.12. The van der Waals surface area contributed by atoms with E-state index in [2.05, 4.69) is 31.0 Å². The number of aromatic nitrogens is 4. The molecule has 0 fully saturated rings. The minimum atomic E-state index is -0.470. The van der Waals surface area contributed by atoms with E-state index in [1.54, 1.807) is 37.5 Å². The van der Waals surface area contributed by atoms with Crippen LogP contribution in [-0.2, 0) is 0 Å². The van der Waals surface area contributed by atoms with E-state index < -0.39 is 5.97 Å². The number of hydrogen-bond donors (Lipinski definition) is 0. The van der Waals surface area contributed by atoms with Gasteiger partial charge in [0.2, 0.25) is 0 Å². The van der Waals surface area contributed by atoms with Crippen molar-refractivity contribution < 1.29 is 9.53 Å². The average Bonchev–Trinajstić information content (AvgIpc) is 2.91. The van der Waals surface area contributed by atoms with Gasteiger partial charge in [-0.05, 0) is 54.9 Å². The quantitative estimate of drug-likeness (QED) is 0.516. The fraction of sp³-hybridized carbons (Fsp3) is 0.250. The molecule has 0 N–H and O–H groups in total. The second kappa shape index (κ2) is 6.08. The molecule has 0 aliphatic heterocycles. The van der Waals surface area contributed by atoms with E-state index in [1.165, 1.54) is 0 Å². The van der Waals surface area contributed by atoms with Crippen LogP contribution in [0.3, 0.4) is 0 Å². The molecule has 0 spiro atoms. The first-order valence-corrected chi connectivity index (χ1v) is 7.94. The number of nitrogens with zero attached hydrogens (tertiary/aromatic N) is 4. The van der Waals surface area contributed by atoms with E-state index in [1.807, 2.05) is 18.5 Å². The van der Waals surface area contributed by atoms with Crippen molar-refractivity contribution in [3.8, 4) is 5.75 Å².